The fourth-order valence-electron chi connectivity index (χ4n) is 2.77. The minimum atomic E-state index is -0.450. The number of halogens is 1. The Kier molecular flexibility index (Phi) is 5.16. The molecule has 3 nitrogen and oxygen atoms in total. The maximum atomic E-state index is 13.6. The third-order valence-electron chi connectivity index (χ3n) is 3.43. The summed E-state index contributed by atoms with van der Waals surface area (Å²) in [5, 5.41) is 0.722. The van der Waals surface area contributed by atoms with Crippen LogP contribution in [0.5, 0.6) is 0 Å². The van der Waals surface area contributed by atoms with Crippen LogP contribution < -0.4 is 5.48 Å². The molecule has 0 atom stereocenters. The van der Waals surface area contributed by atoms with Gasteiger partial charge in [-0.3, -0.25) is 15.3 Å². The third-order valence-corrected chi connectivity index (χ3v) is 3.43. The van der Waals surface area contributed by atoms with Gasteiger partial charge in [-0.2, -0.15) is 0 Å². The van der Waals surface area contributed by atoms with Crippen molar-refractivity contribution in [3.63, 3.8) is 0 Å². The molecule has 0 unspecified atom stereocenters. The van der Waals surface area contributed by atoms with Crippen LogP contribution in [0.3, 0.4) is 0 Å². The van der Waals surface area contributed by atoms with Crippen molar-refractivity contribution in [2.24, 2.45) is 0 Å². The first-order valence-electron chi connectivity index (χ1n) is 7.56. The van der Waals surface area contributed by atoms with Crippen LogP contribution in [0.1, 0.15) is 33.6 Å². The lowest BCUT2D eigenvalue weighted by molar-refractivity contribution is 0.00526. The summed E-state index contributed by atoms with van der Waals surface area (Å²) in [6.07, 6.45) is 2.98. The molecule has 0 aliphatic heterocycles. The van der Waals surface area contributed by atoms with Crippen LogP contribution in [0.15, 0.2) is 54.8 Å². The van der Waals surface area contributed by atoms with E-state index in [1.54, 1.807) is 12.3 Å². The molecule has 1 aromatic carbocycles. The van der Waals surface area contributed by atoms with Crippen molar-refractivity contribution in [2.45, 2.75) is 39.2 Å². The van der Waals surface area contributed by atoms with Gasteiger partial charge in [0, 0.05) is 5.39 Å². The predicted octanol–water partition coefficient (Wildman–Crippen LogP) is 5.41. The zero-order valence-electron chi connectivity index (χ0n) is 13.9. The number of hydrogen-bond donors (Lipinski definition) is 1. The Morgan fingerprint density at radius 3 is 2.52 bits per heavy atom. The molecule has 0 saturated heterocycles. The monoisotopic (exact) mass is 314 g/mol. The number of para-hydroxylation sites is 1. The summed E-state index contributed by atoms with van der Waals surface area (Å²) >= 11 is 0. The molecule has 0 aliphatic carbocycles. The zero-order valence-corrected chi connectivity index (χ0v) is 13.9. The number of nitrogens with one attached hydrogen (secondary N) is 1. The maximum absolute atomic E-state index is 13.6. The fraction of sp³-hybridized carbons (Fsp3) is 0.316. The van der Waals surface area contributed by atoms with E-state index in [9.17, 15) is 4.39 Å². The molecule has 4 heteroatoms. The quantitative estimate of drug-likeness (QED) is 0.548. The summed E-state index contributed by atoms with van der Waals surface area (Å²) in [5.74, 6) is -0.329. The number of fused-ring (bicyclic) bond motifs is 1. The Morgan fingerprint density at radius 1 is 1.26 bits per heavy atom. The van der Waals surface area contributed by atoms with E-state index in [1.165, 1.54) is 6.07 Å². The SMILES string of the molecule is C=C(C)CC(C)(CC(=C)C)ONc1cnc2c(F)cccc2c1. The van der Waals surface area contributed by atoms with Gasteiger partial charge in [0.1, 0.15) is 16.9 Å². The highest BCUT2D eigenvalue weighted by Gasteiger charge is 2.26. The van der Waals surface area contributed by atoms with E-state index in [0.717, 1.165) is 16.5 Å². The van der Waals surface area contributed by atoms with Crippen LogP contribution in [0.2, 0.25) is 0 Å². The third kappa shape index (κ3) is 4.63. The average Bonchev–Trinajstić information content (AvgIpc) is 2.43. The van der Waals surface area contributed by atoms with Crippen LogP contribution in [-0.2, 0) is 4.84 Å². The minimum absolute atomic E-state index is 0.329. The lowest BCUT2D eigenvalue weighted by atomic mass is 9.91. The first-order chi connectivity index (χ1) is 10.8. The van der Waals surface area contributed by atoms with Crippen molar-refractivity contribution < 1.29 is 9.23 Å². The summed E-state index contributed by atoms with van der Waals surface area (Å²) in [6.45, 7) is 13.9. The molecule has 0 aliphatic rings. The van der Waals surface area contributed by atoms with Gasteiger partial charge in [0.25, 0.3) is 0 Å². The van der Waals surface area contributed by atoms with E-state index < -0.39 is 5.60 Å². The molecule has 1 N–H and O–H groups in total. The highest BCUT2D eigenvalue weighted by Crippen LogP contribution is 2.28. The number of anilines is 1. The number of benzene rings is 1. The highest BCUT2D eigenvalue weighted by atomic mass is 19.1. The number of nitrogens with zero attached hydrogens (tertiary/aromatic N) is 1. The van der Waals surface area contributed by atoms with E-state index in [-0.39, 0.29) is 5.82 Å². The Bertz CT molecular complexity index is 723. The van der Waals surface area contributed by atoms with Crippen LogP contribution in [0.4, 0.5) is 10.1 Å². The van der Waals surface area contributed by atoms with E-state index in [4.69, 9.17) is 4.84 Å². The largest absolute Gasteiger partial charge is 0.269 e. The van der Waals surface area contributed by atoms with Gasteiger partial charge < -0.3 is 0 Å². The first kappa shape index (κ1) is 17.2. The minimum Gasteiger partial charge on any atom is -0.269 e. The van der Waals surface area contributed by atoms with Crippen LogP contribution in [0.25, 0.3) is 10.9 Å². The molecule has 0 saturated carbocycles. The standard InChI is InChI=1S/C19H23FN2O/c1-13(2)10-19(5,11-14(3)4)23-22-16-9-15-7-6-8-17(20)18(15)21-12-16/h6-9,12,22H,1,3,10-11H2,2,4-5H3. The normalized spacial score (nSPS) is 11.5. The number of rotatable bonds is 7. The van der Waals surface area contributed by atoms with Gasteiger partial charge in [-0.05, 0) is 45.7 Å². The molecular formula is C19H23FN2O. The molecule has 0 bridgehead atoms. The van der Waals surface area contributed by atoms with Gasteiger partial charge in [0.15, 0.2) is 0 Å². The molecule has 0 fully saturated rings. The van der Waals surface area contributed by atoms with Crippen molar-refractivity contribution in [3.05, 3.63) is 60.6 Å². The number of aromatic nitrogens is 1. The van der Waals surface area contributed by atoms with Gasteiger partial charge in [-0.15, -0.1) is 13.2 Å². The molecule has 0 amide bonds. The molecule has 2 aromatic rings. The van der Waals surface area contributed by atoms with E-state index >= 15 is 0 Å². The van der Waals surface area contributed by atoms with Gasteiger partial charge in [0.2, 0.25) is 0 Å². The predicted molar refractivity (Wildman–Crippen MR) is 93.7 cm³/mol. The molecule has 2 rings (SSSR count). The van der Waals surface area contributed by atoms with Gasteiger partial charge in [-0.25, -0.2) is 4.39 Å². The number of hydrogen-bond acceptors (Lipinski definition) is 3. The lowest BCUT2D eigenvalue weighted by Crippen LogP contribution is -2.32. The van der Waals surface area contributed by atoms with Crippen molar-refractivity contribution in [3.8, 4) is 0 Å². The van der Waals surface area contributed by atoms with Crippen LogP contribution in [0, 0.1) is 5.82 Å². The second-order valence-corrected chi connectivity index (χ2v) is 6.46. The van der Waals surface area contributed by atoms with Crippen molar-refractivity contribution in [1.29, 1.82) is 0 Å². The molecular weight excluding hydrogens is 291 g/mol. The Balaban J connectivity index is 2.17. The van der Waals surface area contributed by atoms with Gasteiger partial charge in [0.05, 0.1) is 11.9 Å². The topological polar surface area (TPSA) is 34.1 Å². The van der Waals surface area contributed by atoms with Crippen molar-refractivity contribution in [1.82, 2.24) is 4.98 Å². The average molecular weight is 314 g/mol. The Morgan fingerprint density at radius 2 is 1.91 bits per heavy atom. The van der Waals surface area contributed by atoms with E-state index in [1.807, 2.05) is 32.9 Å². The summed E-state index contributed by atoms with van der Waals surface area (Å²) in [5.41, 5.74) is 5.59. The molecule has 122 valence electrons. The van der Waals surface area contributed by atoms with E-state index in [2.05, 4.69) is 23.6 Å². The molecule has 0 spiro atoms. The second-order valence-electron chi connectivity index (χ2n) is 6.46. The molecule has 23 heavy (non-hydrogen) atoms. The van der Waals surface area contributed by atoms with Gasteiger partial charge in [-0.1, -0.05) is 23.3 Å². The summed E-state index contributed by atoms with van der Waals surface area (Å²) in [7, 11) is 0. The summed E-state index contributed by atoms with van der Waals surface area (Å²) < 4.78 is 13.6. The lowest BCUT2D eigenvalue weighted by Gasteiger charge is -2.30. The Labute approximate surface area is 136 Å². The molecule has 0 radical (unpaired) electrons. The maximum Gasteiger partial charge on any atom is 0.149 e. The molecule has 1 aromatic heterocycles. The highest BCUT2D eigenvalue weighted by molar-refractivity contribution is 5.81. The molecule has 1 heterocycles. The summed E-state index contributed by atoms with van der Waals surface area (Å²) in [6, 6.07) is 6.69. The van der Waals surface area contributed by atoms with E-state index in [0.29, 0.717) is 24.0 Å². The first-order valence-corrected chi connectivity index (χ1v) is 7.56. The van der Waals surface area contributed by atoms with Crippen molar-refractivity contribution >= 4 is 16.6 Å². The smallest absolute Gasteiger partial charge is 0.149 e. The summed E-state index contributed by atoms with van der Waals surface area (Å²) in [4.78, 5) is 10.1. The zero-order chi connectivity index (χ0) is 17.0. The van der Waals surface area contributed by atoms with Crippen LogP contribution in [-0.4, -0.2) is 10.6 Å². The van der Waals surface area contributed by atoms with Crippen LogP contribution >= 0.6 is 0 Å². The second kappa shape index (κ2) is 6.92. The Hall–Kier alpha value is -2.20. The number of pyridine rings is 1. The van der Waals surface area contributed by atoms with Gasteiger partial charge >= 0.3 is 0 Å². The van der Waals surface area contributed by atoms with Crippen molar-refractivity contribution in [2.75, 3.05) is 5.48 Å². The fourth-order valence-corrected chi connectivity index (χ4v) is 2.77.